The molecule has 2 aromatic heterocycles. The van der Waals surface area contributed by atoms with Crippen LogP contribution < -0.4 is 21.5 Å². The lowest BCUT2D eigenvalue weighted by Gasteiger charge is -2.18. The smallest absolute Gasteiger partial charge is 0.326 e. The number of esters is 1. The molecule has 1 atom stereocenters. The second-order valence-electron chi connectivity index (χ2n) is 6.68. The molecule has 13 heteroatoms. The van der Waals surface area contributed by atoms with E-state index in [0.29, 0.717) is 0 Å². The van der Waals surface area contributed by atoms with E-state index < -0.39 is 41.1 Å². The van der Waals surface area contributed by atoms with Crippen molar-refractivity contribution in [2.24, 2.45) is 0 Å². The summed E-state index contributed by atoms with van der Waals surface area (Å²) < 4.78 is 5.87. The van der Waals surface area contributed by atoms with Gasteiger partial charge in [0.1, 0.15) is 24.0 Å². The number of rotatable bonds is 11. The SMILES string of the molecule is CCOC(=O)Cn1cccc(NC(=O)[C@H](CCC(=O)C(=O)NC)NC(=O)c2cnc[nH]2)c1=O.[HH].[HH].[HH]. The fourth-order valence-corrected chi connectivity index (χ4v) is 2.74. The quantitative estimate of drug-likeness (QED) is 0.257. The fraction of sp³-hybridized carbons (Fsp3) is 0.350. The average Bonchev–Trinajstić information content (AvgIpc) is 3.33. The zero-order valence-electron chi connectivity index (χ0n) is 18.0. The van der Waals surface area contributed by atoms with Crippen molar-refractivity contribution in [2.45, 2.75) is 32.4 Å². The van der Waals surface area contributed by atoms with Crippen molar-refractivity contribution in [3.8, 4) is 0 Å². The molecule has 0 bridgehead atoms. The number of nitrogens with zero attached hydrogens (tertiary/aromatic N) is 2. The Morgan fingerprint density at radius 3 is 2.67 bits per heavy atom. The van der Waals surface area contributed by atoms with Crippen LogP contribution in [0, 0.1) is 0 Å². The predicted molar refractivity (Wildman–Crippen MR) is 120 cm³/mol. The third-order valence-electron chi connectivity index (χ3n) is 4.39. The fourth-order valence-electron chi connectivity index (χ4n) is 2.74. The standard InChI is InChI=1S/C20H24N6O7.3H2/c1-3-33-16(28)10-26-8-4-5-13(20(26)32)25-17(29)12(6-7-15(27)19(31)21-2)24-18(30)14-9-22-11-23-14;;;/h4-5,8-9,11-12H,3,6-7,10H2,1-2H3,(H,21,31)(H,22,23)(H,24,30)(H,25,29);3*1H/t12-;;;/m0.../s1. The summed E-state index contributed by atoms with van der Waals surface area (Å²) >= 11 is 0. The van der Waals surface area contributed by atoms with Crippen LogP contribution in [0.5, 0.6) is 0 Å². The largest absolute Gasteiger partial charge is 0.465 e. The van der Waals surface area contributed by atoms with Gasteiger partial charge in [0, 0.05) is 23.9 Å². The highest BCUT2D eigenvalue weighted by Gasteiger charge is 2.25. The third kappa shape index (κ3) is 7.12. The molecule has 3 amide bonds. The minimum atomic E-state index is -1.26. The van der Waals surface area contributed by atoms with Crippen LogP contribution in [0.1, 0.15) is 34.5 Å². The van der Waals surface area contributed by atoms with Gasteiger partial charge in [-0.2, -0.15) is 0 Å². The molecule has 0 unspecified atom stereocenters. The second kappa shape index (κ2) is 11.9. The molecule has 13 nitrogen and oxygen atoms in total. The van der Waals surface area contributed by atoms with Gasteiger partial charge in [-0.3, -0.25) is 28.8 Å². The first-order valence-electron chi connectivity index (χ1n) is 9.96. The van der Waals surface area contributed by atoms with E-state index in [1.165, 1.54) is 37.9 Å². The Balaban J connectivity index is 0. The highest BCUT2D eigenvalue weighted by Crippen LogP contribution is 2.06. The van der Waals surface area contributed by atoms with E-state index >= 15 is 0 Å². The first-order chi connectivity index (χ1) is 15.8. The van der Waals surface area contributed by atoms with Gasteiger partial charge in [0.15, 0.2) is 0 Å². The first-order valence-corrected chi connectivity index (χ1v) is 9.96. The summed E-state index contributed by atoms with van der Waals surface area (Å²) in [7, 11) is 1.29. The van der Waals surface area contributed by atoms with Crippen molar-refractivity contribution < 1.29 is 33.0 Å². The molecule has 0 aliphatic carbocycles. The lowest BCUT2D eigenvalue weighted by molar-refractivity contribution is -0.143. The van der Waals surface area contributed by atoms with Crippen LogP contribution in [-0.4, -0.2) is 63.7 Å². The van der Waals surface area contributed by atoms with Crippen LogP contribution >= 0.6 is 0 Å². The van der Waals surface area contributed by atoms with Crippen LogP contribution in [0.3, 0.4) is 0 Å². The molecule has 0 aliphatic rings. The van der Waals surface area contributed by atoms with E-state index in [-0.39, 0.29) is 41.7 Å². The molecule has 33 heavy (non-hydrogen) atoms. The maximum Gasteiger partial charge on any atom is 0.326 e. The van der Waals surface area contributed by atoms with Gasteiger partial charge in [-0.05, 0) is 25.5 Å². The van der Waals surface area contributed by atoms with Crippen molar-refractivity contribution in [2.75, 3.05) is 19.0 Å². The van der Waals surface area contributed by atoms with E-state index in [1.807, 2.05) is 0 Å². The number of amides is 3. The summed E-state index contributed by atoms with van der Waals surface area (Å²) in [5.74, 6) is -3.70. The molecule has 4 N–H and O–H groups in total. The molecule has 0 fully saturated rings. The van der Waals surface area contributed by atoms with E-state index in [0.717, 1.165) is 4.57 Å². The zero-order valence-corrected chi connectivity index (χ0v) is 18.0. The molecule has 0 radical (unpaired) electrons. The van der Waals surface area contributed by atoms with Crippen molar-refractivity contribution in [1.29, 1.82) is 0 Å². The van der Waals surface area contributed by atoms with Gasteiger partial charge >= 0.3 is 5.97 Å². The maximum atomic E-state index is 12.9. The molecule has 0 spiro atoms. The van der Waals surface area contributed by atoms with Crippen LogP contribution in [0.4, 0.5) is 5.69 Å². The molecule has 0 aromatic carbocycles. The van der Waals surface area contributed by atoms with Crippen LogP contribution in [-0.2, 0) is 30.5 Å². The van der Waals surface area contributed by atoms with Gasteiger partial charge in [0.25, 0.3) is 17.4 Å². The van der Waals surface area contributed by atoms with E-state index in [9.17, 15) is 28.8 Å². The Labute approximate surface area is 192 Å². The van der Waals surface area contributed by atoms with E-state index in [2.05, 4.69) is 25.9 Å². The molecular weight excluding hydrogens is 436 g/mol. The maximum absolute atomic E-state index is 12.9. The summed E-state index contributed by atoms with van der Waals surface area (Å²) in [4.78, 5) is 79.1. The van der Waals surface area contributed by atoms with E-state index in [4.69, 9.17) is 4.74 Å². The zero-order chi connectivity index (χ0) is 24.4. The van der Waals surface area contributed by atoms with Crippen molar-refractivity contribution in [1.82, 2.24) is 25.2 Å². The summed E-state index contributed by atoms with van der Waals surface area (Å²) in [5.41, 5.74) is -0.744. The van der Waals surface area contributed by atoms with E-state index in [1.54, 1.807) is 6.92 Å². The number of carbonyl (C=O) groups is 5. The second-order valence-corrected chi connectivity index (χ2v) is 6.68. The third-order valence-corrected chi connectivity index (χ3v) is 4.39. The summed E-state index contributed by atoms with van der Waals surface area (Å²) in [5, 5.41) is 7.03. The van der Waals surface area contributed by atoms with Crippen molar-refractivity contribution in [3.05, 3.63) is 46.9 Å². The normalized spacial score (nSPS) is 11.2. The lowest BCUT2D eigenvalue weighted by Crippen LogP contribution is -2.45. The Bertz CT molecular complexity index is 1090. The molecule has 0 saturated heterocycles. The number of aromatic nitrogens is 3. The number of likely N-dealkylation sites (N-methyl/N-ethyl adjacent to an activating group) is 1. The number of pyridine rings is 1. The van der Waals surface area contributed by atoms with Crippen molar-refractivity contribution >= 4 is 35.2 Å². The molecule has 0 saturated carbocycles. The molecule has 182 valence electrons. The number of anilines is 1. The number of hydrogen-bond acceptors (Lipinski definition) is 8. The Morgan fingerprint density at radius 2 is 2.03 bits per heavy atom. The van der Waals surface area contributed by atoms with Gasteiger partial charge in [0.2, 0.25) is 11.7 Å². The Morgan fingerprint density at radius 1 is 1.27 bits per heavy atom. The molecule has 2 aromatic rings. The highest BCUT2D eigenvalue weighted by molar-refractivity contribution is 6.36. The monoisotopic (exact) mass is 466 g/mol. The molecule has 2 heterocycles. The number of aromatic amines is 1. The number of ketones is 1. The topological polar surface area (TPSA) is 181 Å². The minimum Gasteiger partial charge on any atom is -0.465 e. The van der Waals surface area contributed by atoms with Gasteiger partial charge in [-0.15, -0.1) is 0 Å². The number of H-pyrrole nitrogens is 1. The lowest BCUT2D eigenvalue weighted by atomic mass is 10.1. The number of hydrogen-bond donors (Lipinski definition) is 4. The molecular formula is C20H30N6O7. The highest BCUT2D eigenvalue weighted by atomic mass is 16.5. The van der Waals surface area contributed by atoms with Crippen LogP contribution in [0.2, 0.25) is 0 Å². The molecule has 0 aliphatic heterocycles. The summed E-state index contributed by atoms with van der Waals surface area (Å²) in [6.07, 6.45) is 3.33. The van der Waals surface area contributed by atoms with Gasteiger partial charge < -0.3 is 30.2 Å². The number of nitrogens with one attached hydrogen (secondary N) is 4. The van der Waals surface area contributed by atoms with Crippen LogP contribution in [0.15, 0.2) is 35.6 Å². The van der Waals surface area contributed by atoms with Crippen molar-refractivity contribution in [3.63, 3.8) is 0 Å². The first kappa shape index (κ1) is 25.0. The Hall–Kier alpha value is -4.29. The summed E-state index contributed by atoms with van der Waals surface area (Å²) in [6.45, 7) is 1.43. The number of imidazole rings is 1. The molecule has 2 rings (SSSR count). The number of Topliss-reactive ketones (excluding diaryl/α,β-unsaturated/α-hetero) is 1. The Kier molecular flexibility index (Phi) is 9.03. The summed E-state index contributed by atoms with van der Waals surface area (Å²) in [6, 6.07) is 1.52. The number of ether oxygens (including phenoxy) is 1. The van der Waals surface area contributed by atoms with Crippen LogP contribution in [0.25, 0.3) is 0 Å². The van der Waals surface area contributed by atoms with Gasteiger partial charge in [-0.1, -0.05) is 0 Å². The number of carbonyl (C=O) groups excluding carboxylic acids is 5. The van der Waals surface area contributed by atoms with Gasteiger partial charge in [0.05, 0.1) is 19.1 Å². The minimum absolute atomic E-state index is 0. The van der Waals surface area contributed by atoms with Gasteiger partial charge in [-0.25, -0.2) is 4.98 Å². The predicted octanol–water partition coefficient (Wildman–Crippen LogP) is -0.295. The average molecular weight is 466 g/mol.